The average Bonchev–Trinajstić information content (AvgIpc) is 3.51. The molecule has 1 aliphatic carbocycles. The van der Waals surface area contributed by atoms with Crippen LogP contribution in [0.25, 0.3) is 33.3 Å². The summed E-state index contributed by atoms with van der Waals surface area (Å²) in [7, 11) is 2.85. The molecule has 0 saturated heterocycles. The quantitative estimate of drug-likeness (QED) is 0.281. The maximum absolute atomic E-state index is 13.1. The van der Waals surface area contributed by atoms with E-state index in [2.05, 4.69) is 23.9 Å². The van der Waals surface area contributed by atoms with Crippen LogP contribution in [0.1, 0.15) is 12.1 Å². The lowest BCUT2D eigenvalue weighted by atomic mass is 10.1. The van der Waals surface area contributed by atoms with E-state index in [-0.39, 0.29) is 19.4 Å². The number of halogens is 3. The van der Waals surface area contributed by atoms with E-state index < -0.39 is 10.0 Å². The van der Waals surface area contributed by atoms with Gasteiger partial charge in [-0.15, -0.1) is 0 Å². The number of aryl methyl sites for hydroxylation is 1. The normalized spacial score (nSPS) is 17.2. The Morgan fingerprint density at radius 1 is 1.24 bits per heavy atom. The van der Waals surface area contributed by atoms with Crippen LogP contribution in [-0.4, -0.2) is 78.9 Å². The summed E-state index contributed by atoms with van der Waals surface area (Å²) in [4.78, 5) is 11.5. The molecule has 0 amide bonds. The molecule has 13 heteroatoms. The van der Waals surface area contributed by atoms with Crippen molar-refractivity contribution in [3.05, 3.63) is 39.9 Å². The van der Waals surface area contributed by atoms with Crippen molar-refractivity contribution in [2.24, 2.45) is 7.05 Å². The number of ether oxygens (including phenoxy) is 1. The zero-order valence-corrected chi connectivity index (χ0v) is 24.2. The van der Waals surface area contributed by atoms with Crippen LogP contribution in [0.2, 0.25) is 10.2 Å². The van der Waals surface area contributed by atoms with Gasteiger partial charge in [-0.25, -0.2) is 29.1 Å². The fourth-order valence-corrected chi connectivity index (χ4v) is 5.57. The number of nitrogens with zero attached hydrogens (tertiary/aromatic N) is 7. The largest absolute Gasteiger partial charge is 0.390 e. The number of hydrogen-bond acceptors (Lipinski definition) is 7. The first-order valence-electron chi connectivity index (χ1n) is 12.0. The SMILES string of the molecule is CN(c1nc2c(nc1CO)c(-c1ccc3nn(C)c(Cl)c3c1Cl)nn2COCCS(C)(C)C)C1C/C1=C/F. The van der Waals surface area contributed by atoms with E-state index in [1.807, 2.05) is 24.1 Å². The van der Waals surface area contributed by atoms with Crippen molar-refractivity contribution in [2.75, 3.05) is 43.1 Å². The highest BCUT2D eigenvalue weighted by Crippen LogP contribution is 2.41. The van der Waals surface area contributed by atoms with Gasteiger partial charge in [0.05, 0.1) is 41.5 Å². The molecule has 1 N–H and O–H groups in total. The Morgan fingerprint density at radius 3 is 2.66 bits per heavy atom. The summed E-state index contributed by atoms with van der Waals surface area (Å²) in [5.41, 5.74) is 3.74. The third kappa shape index (κ3) is 4.98. The topological polar surface area (TPSA) is 94.1 Å². The summed E-state index contributed by atoms with van der Waals surface area (Å²) >= 11 is 13.3. The van der Waals surface area contributed by atoms with Crippen molar-refractivity contribution < 1.29 is 14.2 Å². The van der Waals surface area contributed by atoms with E-state index in [9.17, 15) is 9.50 Å². The van der Waals surface area contributed by atoms with Crippen molar-refractivity contribution in [3.63, 3.8) is 0 Å². The highest BCUT2D eigenvalue weighted by molar-refractivity contribution is 8.32. The summed E-state index contributed by atoms with van der Waals surface area (Å²) in [6, 6.07) is 3.53. The van der Waals surface area contributed by atoms with Crippen LogP contribution in [0.3, 0.4) is 0 Å². The van der Waals surface area contributed by atoms with Crippen LogP contribution in [0, 0.1) is 0 Å². The number of aliphatic hydroxyl groups excluding tert-OH is 1. The van der Waals surface area contributed by atoms with Crippen molar-refractivity contribution in [1.29, 1.82) is 0 Å². The van der Waals surface area contributed by atoms with E-state index in [0.29, 0.717) is 79.9 Å². The molecule has 1 atom stereocenters. The second-order valence-corrected chi connectivity index (χ2v) is 15.6. The number of anilines is 1. The lowest BCUT2D eigenvalue weighted by Crippen LogP contribution is -2.23. The third-order valence-electron chi connectivity index (χ3n) is 6.58. The van der Waals surface area contributed by atoms with Crippen molar-refractivity contribution >= 4 is 61.1 Å². The van der Waals surface area contributed by atoms with Gasteiger partial charge in [0, 0.05) is 25.4 Å². The van der Waals surface area contributed by atoms with E-state index in [1.54, 1.807) is 16.4 Å². The molecule has 4 aromatic rings. The number of likely N-dealkylation sites (N-methyl/N-ethyl adjacent to an activating group) is 1. The Balaban J connectivity index is 1.64. The zero-order chi connectivity index (χ0) is 27.4. The Morgan fingerprint density at radius 2 is 2.00 bits per heavy atom. The second kappa shape index (κ2) is 10.3. The maximum atomic E-state index is 13.1. The van der Waals surface area contributed by atoms with E-state index in [0.717, 1.165) is 5.75 Å². The lowest BCUT2D eigenvalue weighted by Gasteiger charge is -2.24. The predicted octanol–water partition coefficient (Wildman–Crippen LogP) is 4.91. The zero-order valence-electron chi connectivity index (χ0n) is 21.9. The number of benzene rings is 1. The minimum absolute atomic E-state index is 0.122. The van der Waals surface area contributed by atoms with Gasteiger partial charge in [-0.2, -0.15) is 10.2 Å². The molecule has 0 aliphatic heterocycles. The molecule has 3 aromatic heterocycles. The second-order valence-electron chi connectivity index (χ2n) is 10.3. The minimum Gasteiger partial charge on any atom is -0.390 e. The molecular formula is C25H30Cl2FN7O2S. The van der Waals surface area contributed by atoms with Gasteiger partial charge < -0.3 is 14.7 Å². The van der Waals surface area contributed by atoms with Gasteiger partial charge in [-0.05, 0) is 42.9 Å². The smallest absolute Gasteiger partial charge is 0.181 e. The summed E-state index contributed by atoms with van der Waals surface area (Å²) in [5.74, 6) is 1.42. The Hall–Kier alpha value is -2.44. The molecule has 1 unspecified atom stereocenters. The Bertz CT molecular complexity index is 1560. The molecule has 204 valence electrons. The van der Waals surface area contributed by atoms with Crippen molar-refractivity contribution in [1.82, 2.24) is 29.5 Å². The van der Waals surface area contributed by atoms with E-state index >= 15 is 0 Å². The van der Waals surface area contributed by atoms with Gasteiger partial charge in [0.25, 0.3) is 0 Å². The van der Waals surface area contributed by atoms with Crippen molar-refractivity contribution in [2.45, 2.75) is 25.8 Å². The van der Waals surface area contributed by atoms with Crippen LogP contribution in [0.15, 0.2) is 24.0 Å². The van der Waals surface area contributed by atoms with Gasteiger partial charge in [0.2, 0.25) is 0 Å². The highest BCUT2D eigenvalue weighted by Gasteiger charge is 2.36. The van der Waals surface area contributed by atoms with Gasteiger partial charge >= 0.3 is 0 Å². The fraction of sp³-hybridized carbons (Fsp3) is 0.440. The fourth-order valence-electron chi connectivity index (χ4n) is 4.34. The first-order chi connectivity index (χ1) is 18.0. The molecule has 38 heavy (non-hydrogen) atoms. The molecular weight excluding hydrogens is 552 g/mol. The molecule has 3 heterocycles. The number of hydrogen-bond donors (Lipinski definition) is 1. The average molecular weight is 583 g/mol. The Labute approximate surface area is 231 Å². The van der Waals surface area contributed by atoms with Gasteiger partial charge in [0.1, 0.15) is 28.8 Å². The molecule has 1 aromatic carbocycles. The predicted molar refractivity (Wildman–Crippen MR) is 153 cm³/mol. The van der Waals surface area contributed by atoms with Crippen molar-refractivity contribution in [3.8, 4) is 11.3 Å². The van der Waals surface area contributed by atoms with Gasteiger partial charge in [-0.3, -0.25) is 4.68 Å². The third-order valence-corrected chi connectivity index (χ3v) is 8.80. The molecule has 0 radical (unpaired) electrons. The monoisotopic (exact) mass is 581 g/mol. The maximum Gasteiger partial charge on any atom is 0.181 e. The van der Waals surface area contributed by atoms with E-state index in [1.165, 1.54) is 0 Å². The van der Waals surface area contributed by atoms with Gasteiger partial charge in [0.15, 0.2) is 11.5 Å². The molecule has 1 aliphatic rings. The molecule has 1 saturated carbocycles. The minimum atomic E-state index is -0.716. The summed E-state index contributed by atoms with van der Waals surface area (Å²) < 4.78 is 22.3. The number of fused-ring (bicyclic) bond motifs is 2. The first kappa shape index (κ1) is 27.1. The molecule has 0 spiro atoms. The summed E-state index contributed by atoms with van der Waals surface area (Å²) in [5, 5.41) is 20.8. The van der Waals surface area contributed by atoms with Crippen LogP contribution in [0.4, 0.5) is 10.2 Å². The van der Waals surface area contributed by atoms with Crippen LogP contribution in [-0.2, 0) is 25.1 Å². The number of rotatable bonds is 9. The number of aromatic nitrogens is 6. The molecule has 1 fully saturated rings. The lowest BCUT2D eigenvalue weighted by molar-refractivity contribution is 0.0838. The molecule has 5 rings (SSSR count). The molecule has 0 bridgehead atoms. The Kier molecular flexibility index (Phi) is 7.34. The number of aliphatic hydroxyl groups is 1. The van der Waals surface area contributed by atoms with E-state index in [4.69, 9.17) is 43.0 Å². The van der Waals surface area contributed by atoms with Gasteiger partial charge in [-0.1, -0.05) is 23.2 Å². The highest BCUT2D eigenvalue weighted by atomic mass is 35.5. The van der Waals surface area contributed by atoms with Crippen LogP contribution < -0.4 is 4.90 Å². The first-order valence-corrected chi connectivity index (χ1v) is 15.8. The standard InChI is InChI=1S/C25H30Cl2FN7O2S/c1-33(18-10-14(18)11-28)24-17(12-36)29-22-21(15-6-7-16-19(20(15)26)23(27)34(2)31-16)32-35(25(22)30-24)13-37-8-9-38(3,4)5/h6-7,11,18,36H,8-10,12-13H2,1-5H3/b14-11-. The van der Waals surface area contributed by atoms with Crippen LogP contribution in [0.5, 0.6) is 0 Å². The molecule has 9 nitrogen and oxygen atoms in total. The summed E-state index contributed by atoms with van der Waals surface area (Å²) in [6.07, 6.45) is 7.94. The van der Waals surface area contributed by atoms with Crippen LogP contribution >= 0.6 is 33.2 Å². The summed E-state index contributed by atoms with van der Waals surface area (Å²) in [6.45, 7) is 0.394.